The third-order valence-electron chi connectivity index (χ3n) is 3.93. The molecule has 0 saturated carbocycles. The summed E-state index contributed by atoms with van der Waals surface area (Å²) in [7, 11) is 0. The van der Waals surface area contributed by atoms with Crippen LogP contribution in [0.4, 0.5) is 0 Å². The van der Waals surface area contributed by atoms with Gasteiger partial charge in [-0.15, -0.1) is 0 Å². The summed E-state index contributed by atoms with van der Waals surface area (Å²) < 4.78 is 8.90. The van der Waals surface area contributed by atoms with E-state index < -0.39 is 0 Å². The number of nitrogens with zero attached hydrogens (tertiary/aromatic N) is 2. The Labute approximate surface area is 142 Å². The zero-order chi connectivity index (χ0) is 15.6. The van der Waals surface area contributed by atoms with Crippen LogP contribution in [0, 0.1) is 0 Å². The summed E-state index contributed by atoms with van der Waals surface area (Å²) in [5, 5.41) is 0. The second kappa shape index (κ2) is 6.05. The molecule has 0 aliphatic rings. The van der Waals surface area contributed by atoms with Crippen LogP contribution < -0.4 is 0 Å². The van der Waals surface area contributed by atoms with E-state index in [1.165, 1.54) is 5.56 Å². The van der Waals surface area contributed by atoms with Crippen molar-refractivity contribution in [1.82, 2.24) is 9.55 Å². The van der Waals surface area contributed by atoms with Crippen molar-refractivity contribution in [1.29, 1.82) is 0 Å². The molecule has 0 spiro atoms. The molecule has 0 atom stereocenters. The van der Waals surface area contributed by atoms with E-state index in [0.717, 1.165) is 40.1 Å². The van der Waals surface area contributed by atoms with Crippen LogP contribution >= 0.6 is 15.9 Å². The van der Waals surface area contributed by atoms with Gasteiger partial charge in [-0.05, 0) is 48.4 Å². The molecule has 23 heavy (non-hydrogen) atoms. The Kier molecular flexibility index (Phi) is 3.75. The summed E-state index contributed by atoms with van der Waals surface area (Å²) in [4.78, 5) is 4.74. The molecule has 0 N–H and O–H groups in total. The highest BCUT2D eigenvalue weighted by molar-refractivity contribution is 9.10. The molecule has 4 aromatic rings. The molecule has 0 radical (unpaired) electrons. The lowest BCUT2D eigenvalue weighted by Gasteiger charge is -2.08. The van der Waals surface area contributed by atoms with Crippen LogP contribution in [0.2, 0.25) is 0 Å². The van der Waals surface area contributed by atoms with Crippen molar-refractivity contribution < 1.29 is 4.42 Å². The lowest BCUT2D eigenvalue weighted by Crippen LogP contribution is -2.03. The van der Waals surface area contributed by atoms with E-state index in [1.54, 1.807) is 6.26 Å². The fraction of sp³-hybridized carbons (Fsp3) is 0.105. The predicted molar refractivity (Wildman–Crippen MR) is 95.3 cm³/mol. The van der Waals surface area contributed by atoms with Crippen LogP contribution in [0.1, 0.15) is 5.56 Å². The van der Waals surface area contributed by atoms with Crippen molar-refractivity contribution >= 4 is 27.0 Å². The Morgan fingerprint density at radius 2 is 1.78 bits per heavy atom. The van der Waals surface area contributed by atoms with E-state index in [0.29, 0.717) is 0 Å². The number of benzene rings is 2. The van der Waals surface area contributed by atoms with Crippen molar-refractivity contribution in [3.8, 4) is 11.6 Å². The molecular formula is C19H15BrN2O. The number of furan rings is 1. The second-order valence-corrected chi connectivity index (χ2v) is 6.35. The minimum absolute atomic E-state index is 0.803. The largest absolute Gasteiger partial charge is 0.461 e. The van der Waals surface area contributed by atoms with Crippen molar-refractivity contribution in [3.63, 3.8) is 0 Å². The van der Waals surface area contributed by atoms with Crippen LogP contribution in [-0.4, -0.2) is 9.55 Å². The van der Waals surface area contributed by atoms with E-state index in [1.807, 2.05) is 30.3 Å². The van der Waals surface area contributed by atoms with Crippen molar-refractivity contribution in [2.45, 2.75) is 13.0 Å². The van der Waals surface area contributed by atoms with Gasteiger partial charge >= 0.3 is 0 Å². The number of rotatable bonds is 4. The number of hydrogen-bond donors (Lipinski definition) is 0. The first kappa shape index (κ1) is 14.3. The third-order valence-corrected chi connectivity index (χ3v) is 4.46. The molecule has 0 amide bonds. The number of aromatic nitrogens is 2. The zero-order valence-corrected chi connectivity index (χ0v) is 14.0. The average Bonchev–Trinajstić information content (AvgIpc) is 3.22. The molecular weight excluding hydrogens is 352 g/mol. The Balaban J connectivity index is 1.72. The summed E-state index contributed by atoms with van der Waals surface area (Å²) in [5.74, 6) is 1.69. The molecule has 4 heteroatoms. The van der Waals surface area contributed by atoms with Gasteiger partial charge in [0.1, 0.15) is 0 Å². The fourth-order valence-electron chi connectivity index (χ4n) is 2.79. The number of imidazole rings is 1. The maximum atomic E-state index is 5.57. The van der Waals surface area contributed by atoms with Gasteiger partial charge in [-0.1, -0.05) is 40.2 Å². The molecule has 114 valence electrons. The monoisotopic (exact) mass is 366 g/mol. The van der Waals surface area contributed by atoms with Gasteiger partial charge < -0.3 is 8.98 Å². The summed E-state index contributed by atoms with van der Waals surface area (Å²) >= 11 is 3.48. The number of aryl methyl sites for hydroxylation is 2. The molecule has 0 bridgehead atoms. The molecule has 2 aromatic heterocycles. The topological polar surface area (TPSA) is 31.0 Å². The van der Waals surface area contributed by atoms with Crippen LogP contribution in [0.15, 0.2) is 75.8 Å². The SMILES string of the molecule is Brc1ccc(CCn2c(-c3ccco3)nc3ccccc32)cc1. The molecule has 0 aliphatic heterocycles. The van der Waals surface area contributed by atoms with E-state index in [2.05, 4.69) is 50.8 Å². The van der Waals surface area contributed by atoms with Crippen LogP contribution in [0.3, 0.4) is 0 Å². The minimum atomic E-state index is 0.803. The van der Waals surface area contributed by atoms with Gasteiger partial charge in [-0.25, -0.2) is 4.98 Å². The van der Waals surface area contributed by atoms with Crippen LogP contribution in [-0.2, 0) is 13.0 Å². The van der Waals surface area contributed by atoms with Gasteiger partial charge in [0, 0.05) is 11.0 Å². The van der Waals surface area contributed by atoms with E-state index >= 15 is 0 Å². The molecule has 2 heterocycles. The highest BCUT2D eigenvalue weighted by atomic mass is 79.9. The average molecular weight is 367 g/mol. The summed E-state index contributed by atoms with van der Waals surface area (Å²) in [6, 6.07) is 20.5. The number of hydrogen-bond acceptors (Lipinski definition) is 2. The van der Waals surface area contributed by atoms with Gasteiger partial charge in [0.2, 0.25) is 0 Å². The van der Waals surface area contributed by atoms with E-state index in [4.69, 9.17) is 9.40 Å². The standard InChI is InChI=1S/C19H15BrN2O/c20-15-9-7-14(8-10-15)11-12-22-17-5-2-1-4-16(17)21-19(22)18-6-3-13-23-18/h1-10,13H,11-12H2. The second-order valence-electron chi connectivity index (χ2n) is 5.43. The Bertz CT molecular complexity index is 924. The number of halogens is 1. The van der Waals surface area contributed by atoms with Crippen LogP contribution in [0.25, 0.3) is 22.6 Å². The zero-order valence-electron chi connectivity index (χ0n) is 12.4. The van der Waals surface area contributed by atoms with E-state index in [-0.39, 0.29) is 0 Å². The summed E-state index contributed by atoms with van der Waals surface area (Å²) in [6.45, 7) is 0.859. The third kappa shape index (κ3) is 2.82. The summed E-state index contributed by atoms with van der Waals surface area (Å²) in [6.07, 6.45) is 2.63. The molecule has 3 nitrogen and oxygen atoms in total. The first-order valence-corrected chi connectivity index (χ1v) is 8.34. The predicted octanol–water partition coefficient (Wildman–Crippen LogP) is 5.30. The van der Waals surface area contributed by atoms with E-state index in [9.17, 15) is 0 Å². The maximum Gasteiger partial charge on any atom is 0.177 e. The quantitative estimate of drug-likeness (QED) is 0.490. The first-order chi connectivity index (χ1) is 11.3. The minimum Gasteiger partial charge on any atom is -0.461 e. The van der Waals surface area contributed by atoms with Gasteiger partial charge in [0.25, 0.3) is 0 Å². The Morgan fingerprint density at radius 1 is 0.957 bits per heavy atom. The number of fused-ring (bicyclic) bond motifs is 1. The molecule has 4 rings (SSSR count). The lowest BCUT2D eigenvalue weighted by atomic mass is 10.1. The number of para-hydroxylation sites is 2. The highest BCUT2D eigenvalue weighted by Crippen LogP contribution is 2.25. The van der Waals surface area contributed by atoms with Gasteiger partial charge in [-0.2, -0.15) is 0 Å². The first-order valence-electron chi connectivity index (χ1n) is 7.55. The van der Waals surface area contributed by atoms with Crippen LogP contribution in [0.5, 0.6) is 0 Å². The Morgan fingerprint density at radius 3 is 2.57 bits per heavy atom. The summed E-state index contributed by atoms with van der Waals surface area (Å²) in [5.41, 5.74) is 3.43. The molecule has 0 saturated heterocycles. The Hall–Kier alpha value is -2.33. The molecule has 0 aliphatic carbocycles. The van der Waals surface area contributed by atoms with Crippen molar-refractivity contribution in [3.05, 3.63) is 77.0 Å². The fourth-order valence-corrected chi connectivity index (χ4v) is 3.05. The maximum absolute atomic E-state index is 5.57. The normalized spacial score (nSPS) is 11.2. The highest BCUT2D eigenvalue weighted by Gasteiger charge is 2.14. The lowest BCUT2D eigenvalue weighted by molar-refractivity contribution is 0.569. The molecule has 2 aromatic carbocycles. The van der Waals surface area contributed by atoms with Crippen molar-refractivity contribution in [2.75, 3.05) is 0 Å². The smallest absolute Gasteiger partial charge is 0.177 e. The van der Waals surface area contributed by atoms with Gasteiger partial charge in [-0.3, -0.25) is 0 Å². The van der Waals surface area contributed by atoms with Crippen molar-refractivity contribution in [2.24, 2.45) is 0 Å². The molecule has 0 fully saturated rings. The van der Waals surface area contributed by atoms with Gasteiger partial charge in [0.15, 0.2) is 11.6 Å². The van der Waals surface area contributed by atoms with Gasteiger partial charge in [0.05, 0.1) is 17.3 Å². The molecule has 0 unspecified atom stereocenters.